The van der Waals surface area contributed by atoms with Gasteiger partial charge >= 0.3 is 12.0 Å². The van der Waals surface area contributed by atoms with Crippen molar-refractivity contribution in [3.8, 4) is 0 Å². The van der Waals surface area contributed by atoms with Crippen molar-refractivity contribution in [2.24, 2.45) is 5.92 Å². The van der Waals surface area contributed by atoms with E-state index in [0.717, 1.165) is 38.0 Å². The van der Waals surface area contributed by atoms with E-state index in [0.29, 0.717) is 24.1 Å². The summed E-state index contributed by atoms with van der Waals surface area (Å²) in [5, 5.41) is 9.38. The lowest BCUT2D eigenvalue weighted by Gasteiger charge is -2.36. The number of rotatable bonds is 3. The number of carboxylic acids is 1. The highest BCUT2D eigenvalue weighted by Crippen LogP contribution is 2.30. The Bertz CT molecular complexity index is 632. The van der Waals surface area contributed by atoms with Gasteiger partial charge in [0.1, 0.15) is 0 Å². The lowest BCUT2D eigenvalue weighted by molar-refractivity contribution is 0.0691. The van der Waals surface area contributed by atoms with Crippen molar-refractivity contribution in [2.75, 3.05) is 33.7 Å². The van der Waals surface area contributed by atoms with E-state index in [1.807, 2.05) is 17.0 Å². The molecule has 3 aliphatic heterocycles. The van der Waals surface area contributed by atoms with Crippen LogP contribution < -0.4 is 0 Å². The number of hydrogen-bond donors (Lipinski definition) is 1. The first-order valence-electron chi connectivity index (χ1n) is 8.47. The molecule has 3 aliphatic rings. The van der Waals surface area contributed by atoms with Gasteiger partial charge in [-0.3, -0.25) is 4.90 Å². The molecule has 3 heterocycles. The van der Waals surface area contributed by atoms with Crippen LogP contribution in [0.5, 0.6) is 0 Å². The van der Waals surface area contributed by atoms with Crippen molar-refractivity contribution >= 4 is 12.0 Å². The zero-order valence-electron chi connectivity index (χ0n) is 14.3. The Balaban J connectivity index is 1.77. The Hall–Kier alpha value is -2.08. The first-order chi connectivity index (χ1) is 11.5. The van der Waals surface area contributed by atoms with Crippen LogP contribution in [0.15, 0.2) is 24.3 Å². The van der Waals surface area contributed by atoms with Crippen LogP contribution in [0.4, 0.5) is 4.79 Å². The van der Waals surface area contributed by atoms with Crippen LogP contribution in [0.3, 0.4) is 0 Å². The largest absolute Gasteiger partial charge is 0.478 e. The molecule has 3 fully saturated rings. The molecule has 0 unspecified atom stereocenters. The Morgan fingerprint density at radius 3 is 2.62 bits per heavy atom. The number of carbonyl (C=O) groups is 2. The zero-order chi connectivity index (χ0) is 17.3. The minimum Gasteiger partial charge on any atom is -0.478 e. The summed E-state index contributed by atoms with van der Waals surface area (Å²) in [7, 11) is 3.58. The number of nitrogens with zero attached hydrogens (tertiary/aromatic N) is 3. The van der Waals surface area contributed by atoms with Gasteiger partial charge in [-0.2, -0.15) is 0 Å². The van der Waals surface area contributed by atoms with E-state index in [1.165, 1.54) is 0 Å². The third kappa shape index (κ3) is 3.38. The number of hydrogen-bond acceptors (Lipinski definition) is 3. The van der Waals surface area contributed by atoms with Crippen molar-refractivity contribution in [3.63, 3.8) is 0 Å². The molecule has 0 spiro atoms. The van der Waals surface area contributed by atoms with Crippen molar-refractivity contribution < 1.29 is 14.7 Å². The quantitative estimate of drug-likeness (QED) is 0.920. The first-order valence-corrected chi connectivity index (χ1v) is 8.47. The second-order valence-electron chi connectivity index (χ2n) is 7.07. The van der Waals surface area contributed by atoms with Crippen LogP contribution in [-0.4, -0.2) is 71.6 Å². The van der Waals surface area contributed by atoms with E-state index < -0.39 is 5.97 Å². The second-order valence-corrected chi connectivity index (χ2v) is 7.07. The number of fused-ring (bicyclic) bond motifs is 4. The topological polar surface area (TPSA) is 64.1 Å². The summed E-state index contributed by atoms with van der Waals surface area (Å²) in [4.78, 5) is 29.7. The Labute approximate surface area is 142 Å². The fourth-order valence-corrected chi connectivity index (χ4v) is 3.90. The summed E-state index contributed by atoms with van der Waals surface area (Å²) < 4.78 is 0. The van der Waals surface area contributed by atoms with E-state index >= 15 is 0 Å². The predicted molar refractivity (Wildman–Crippen MR) is 91.0 cm³/mol. The molecule has 6 nitrogen and oxygen atoms in total. The molecule has 0 saturated carbocycles. The van der Waals surface area contributed by atoms with Crippen LogP contribution in [0, 0.1) is 5.92 Å². The second kappa shape index (κ2) is 6.81. The minimum absolute atomic E-state index is 0.0692. The normalized spacial score (nSPS) is 23.8. The van der Waals surface area contributed by atoms with Crippen molar-refractivity contribution in [2.45, 2.75) is 25.4 Å². The van der Waals surface area contributed by atoms with Gasteiger partial charge in [0.05, 0.1) is 5.56 Å². The molecule has 2 amide bonds. The number of carbonyl (C=O) groups excluding carboxylic acids is 1. The third-order valence-corrected chi connectivity index (χ3v) is 5.10. The average molecular weight is 331 g/mol. The van der Waals surface area contributed by atoms with Gasteiger partial charge < -0.3 is 14.9 Å². The molecule has 0 aliphatic carbocycles. The maximum Gasteiger partial charge on any atom is 0.336 e. The van der Waals surface area contributed by atoms with E-state index in [9.17, 15) is 14.7 Å². The Morgan fingerprint density at radius 1 is 1.17 bits per heavy atom. The minimum atomic E-state index is -0.880. The highest BCUT2D eigenvalue weighted by molar-refractivity contribution is 5.89. The molecule has 2 bridgehead atoms. The van der Waals surface area contributed by atoms with E-state index in [-0.39, 0.29) is 6.03 Å². The molecule has 1 N–H and O–H groups in total. The van der Waals surface area contributed by atoms with Crippen molar-refractivity contribution in [3.05, 3.63) is 35.4 Å². The van der Waals surface area contributed by atoms with Crippen LogP contribution >= 0.6 is 0 Å². The molecule has 1 aromatic rings. The van der Waals surface area contributed by atoms with Gasteiger partial charge in [0.2, 0.25) is 0 Å². The Morgan fingerprint density at radius 2 is 1.92 bits per heavy atom. The fourth-order valence-electron chi connectivity index (χ4n) is 3.90. The van der Waals surface area contributed by atoms with Gasteiger partial charge in [0.25, 0.3) is 0 Å². The monoisotopic (exact) mass is 331 g/mol. The summed E-state index contributed by atoms with van der Waals surface area (Å²) in [6.45, 7) is 3.08. The molecule has 4 rings (SSSR count). The molecular weight excluding hydrogens is 306 g/mol. The number of piperidine rings is 1. The fraction of sp³-hybridized carbons (Fsp3) is 0.556. The van der Waals surface area contributed by atoms with Gasteiger partial charge in [0, 0.05) is 46.3 Å². The number of urea groups is 1. The summed E-state index contributed by atoms with van der Waals surface area (Å²) in [5.41, 5.74) is 1.22. The van der Waals surface area contributed by atoms with Gasteiger partial charge in [-0.15, -0.1) is 0 Å². The van der Waals surface area contributed by atoms with Crippen molar-refractivity contribution in [1.82, 2.24) is 14.7 Å². The van der Waals surface area contributed by atoms with Crippen LogP contribution in [0.2, 0.25) is 0 Å². The molecule has 1 aromatic carbocycles. The molecular formula is C18H25N3O3. The third-order valence-electron chi connectivity index (χ3n) is 5.10. The van der Waals surface area contributed by atoms with E-state index in [2.05, 4.69) is 4.90 Å². The molecule has 3 saturated heterocycles. The van der Waals surface area contributed by atoms with Crippen LogP contribution in [0.1, 0.15) is 28.8 Å². The number of benzene rings is 1. The molecule has 6 heteroatoms. The summed E-state index contributed by atoms with van der Waals surface area (Å²) >= 11 is 0. The smallest absolute Gasteiger partial charge is 0.336 e. The zero-order valence-corrected chi connectivity index (χ0v) is 14.3. The van der Waals surface area contributed by atoms with Crippen LogP contribution in [0.25, 0.3) is 0 Å². The highest BCUT2D eigenvalue weighted by atomic mass is 16.4. The van der Waals surface area contributed by atoms with E-state index in [4.69, 9.17) is 0 Å². The highest BCUT2D eigenvalue weighted by Gasteiger charge is 2.37. The maximum absolute atomic E-state index is 12.3. The average Bonchev–Trinajstić information content (AvgIpc) is 2.86. The lowest BCUT2D eigenvalue weighted by Crippen LogP contribution is -2.45. The number of aromatic carboxylic acids is 1. The van der Waals surface area contributed by atoms with Gasteiger partial charge in [-0.05, 0) is 30.4 Å². The first kappa shape index (κ1) is 16.8. The summed E-state index contributed by atoms with van der Waals surface area (Å²) in [5.74, 6) is -0.417. The number of carboxylic acid groups (broad SMARTS) is 1. The summed E-state index contributed by atoms with van der Waals surface area (Å²) in [6.07, 6.45) is 2.20. The summed E-state index contributed by atoms with van der Waals surface area (Å²) in [6, 6.07) is 7.58. The van der Waals surface area contributed by atoms with Gasteiger partial charge in [0.15, 0.2) is 0 Å². The van der Waals surface area contributed by atoms with Gasteiger partial charge in [-0.1, -0.05) is 18.2 Å². The molecule has 0 radical (unpaired) electrons. The SMILES string of the molecule is CN(C)C(=O)N1C[C@H]2CC[C@@H](C1)N(Cc1ccccc1C(=O)O)C2. The molecule has 0 aromatic heterocycles. The van der Waals surface area contributed by atoms with Gasteiger partial charge in [-0.25, -0.2) is 9.59 Å². The lowest BCUT2D eigenvalue weighted by atomic mass is 9.94. The molecule has 130 valence electrons. The maximum atomic E-state index is 12.3. The predicted octanol–water partition coefficient (Wildman–Crippen LogP) is 1.96. The van der Waals surface area contributed by atoms with Crippen molar-refractivity contribution in [1.29, 1.82) is 0 Å². The molecule has 2 atom stereocenters. The number of amides is 2. The van der Waals surface area contributed by atoms with Crippen LogP contribution in [-0.2, 0) is 6.54 Å². The van der Waals surface area contributed by atoms with E-state index in [1.54, 1.807) is 31.1 Å². The molecule has 24 heavy (non-hydrogen) atoms. The Kier molecular flexibility index (Phi) is 4.76. The standard InChI is InChI=1S/C18H25N3O3/c1-19(2)18(24)21-10-13-7-8-15(12-21)20(9-13)11-14-5-3-4-6-16(14)17(22)23/h3-6,13,15H,7-12H2,1-2H3,(H,22,23)/t13-,15-/m0/s1.